The van der Waals surface area contributed by atoms with Crippen molar-refractivity contribution in [1.29, 1.82) is 0 Å². The van der Waals surface area contributed by atoms with Gasteiger partial charge in [0.15, 0.2) is 0 Å². The molecule has 2 aromatic rings. The first-order valence-corrected chi connectivity index (χ1v) is 11.7. The average Bonchev–Trinajstić information content (AvgIpc) is 3.23. The van der Waals surface area contributed by atoms with Crippen LogP contribution in [0, 0.1) is 5.92 Å². The Morgan fingerprint density at radius 2 is 2.03 bits per heavy atom. The lowest BCUT2D eigenvalue weighted by molar-refractivity contribution is -0.147. The first-order chi connectivity index (χ1) is 15.6. The molecular weight excluding hydrogens is 398 g/mol. The number of H-pyrrole nitrogens is 1. The zero-order chi connectivity index (χ0) is 22.6. The molecule has 2 fully saturated rings. The third kappa shape index (κ3) is 4.59. The van der Waals surface area contributed by atoms with Gasteiger partial charge in [-0.1, -0.05) is 49.6 Å². The van der Waals surface area contributed by atoms with E-state index < -0.39 is 0 Å². The number of benzene rings is 1. The molecule has 2 aliphatic heterocycles. The standard InChI is InChI=1S/C27H35N3O2/c1-4-9-21(5-2)17-27(19-32-20-27)30-14-12-22(13-15-30)18-29(6-3)26(31)25-16-23-10-7-8-11-24(23)28-25/h4-5,7-11,16,22,28H,1-2,6,12-15,17-20H2,3H3/b21-9+. The molecule has 0 bridgehead atoms. The number of hydrogen-bond acceptors (Lipinski definition) is 3. The number of rotatable bonds is 9. The number of aromatic amines is 1. The molecule has 3 heterocycles. The number of carbonyl (C=O) groups is 1. The topological polar surface area (TPSA) is 48.6 Å². The van der Waals surface area contributed by atoms with E-state index in [1.54, 1.807) is 0 Å². The van der Waals surface area contributed by atoms with Gasteiger partial charge in [0.05, 0.1) is 18.8 Å². The van der Waals surface area contributed by atoms with E-state index >= 15 is 0 Å². The van der Waals surface area contributed by atoms with Crippen LogP contribution in [0.4, 0.5) is 0 Å². The normalized spacial score (nSPS) is 19.5. The minimum Gasteiger partial charge on any atom is -0.377 e. The lowest BCUT2D eigenvalue weighted by Gasteiger charge is -2.52. The Hall–Kier alpha value is -2.63. The Kier molecular flexibility index (Phi) is 6.97. The summed E-state index contributed by atoms with van der Waals surface area (Å²) >= 11 is 0. The fourth-order valence-electron chi connectivity index (χ4n) is 5.08. The molecule has 170 valence electrons. The van der Waals surface area contributed by atoms with Crippen LogP contribution in [-0.2, 0) is 4.74 Å². The van der Waals surface area contributed by atoms with Crippen molar-refractivity contribution in [3.8, 4) is 0 Å². The van der Waals surface area contributed by atoms with Gasteiger partial charge in [0.1, 0.15) is 5.69 Å². The summed E-state index contributed by atoms with van der Waals surface area (Å²) in [6, 6.07) is 10.0. The van der Waals surface area contributed by atoms with Crippen LogP contribution in [-0.4, -0.2) is 65.6 Å². The lowest BCUT2D eigenvalue weighted by Crippen LogP contribution is -2.64. The number of amides is 1. The molecule has 1 aromatic heterocycles. The van der Waals surface area contributed by atoms with Crippen molar-refractivity contribution in [3.63, 3.8) is 0 Å². The highest BCUT2D eigenvalue weighted by atomic mass is 16.5. The number of para-hydroxylation sites is 1. The summed E-state index contributed by atoms with van der Waals surface area (Å²) in [5, 5.41) is 1.08. The molecule has 0 unspecified atom stereocenters. The highest BCUT2D eigenvalue weighted by Crippen LogP contribution is 2.35. The quantitative estimate of drug-likeness (QED) is 0.578. The maximum Gasteiger partial charge on any atom is 0.270 e. The largest absolute Gasteiger partial charge is 0.377 e. The highest BCUT2D eigenvalue weighted by molar-refractivity contribution is 5.98. The van der Waals surface area contributed by atoms with Gasteiger partial charge < -0.3 is 14.6 Å². The summed E-state index contributed by atoms with van der Waals surface area (Å²) in [5.74, 6) is 0.625. The minimum atomic E-state index is 0.0820. The Morgan fingerprint density at radius 1 is 1.28 bits per heavy atom. The fraction of sp³-hybridized carbons (Fsp3) is 0.444. The van der Waals surface area contributed by atoms with E-state index in [1.165, 1.54) is 5.57 Å². The SMILES string of the molecule is C=C/C=C(\C=C)CC1(N2CCC(CN(CC)C(=O)c3cc4ccccc4[nH]3)CC2)COC1. The molecule has 5 heteroatoms. The summed E-state index contributed by atoms with van der Waals surface area (Å²) in [6.45, 7) is 15.0. The van der Waals surface area contributed by atoms with Crippen LogP contribution >= 0.6 is 0 Å². The zero-order valence-corrected chi connectivity index (χ0v) is 19.2. The average molecular weight is 434 g/mol. The van der Waals surface area contributed by atoms with Gasteiger partial charge in [0, 0.05) is 24.0 Å². The van der Waals surface area contributed by atoms with Crippen molar-refractivity contribution in [2.75, 3.05) is 39.4 Å². The fourth-order valence-corrected chi connectivity index (χ4v) is 5.08. The van der Waals surface area contributed by atoms with Crippen molar-refractivity contribution >= 4 is 16.8 Å². The number of hydrogen-bond donors (Lipinski definition) is 1. The molecule has 0 atom stereocenters. The molecule has 2 aliphatic rings. The van der Waals surface area contributed by atoms with Gasteiger partial charge in [0.2, 0.25) is 0 Å². The first-order valence-electron chi connectivity index (χ1n) is 11.7. The molecular formula is C27H35N3O2. The molecule has 0 saturated carbocycles. The summed E-state index contributed by atoms with van der Waals surface area (Å²) in [4.78, 5) is 21.0. The van der Waals surface area contributed by atoms with Crippen molar-refractivity contribution in [1.82, 2.24) is 14.8 Å². The third-order valence-corrected chi connectivity index (χ3v) is 7.06. The number of piperidine rings is 1. The number of nitrogens with one attached hydrogen (secondary N) is 1. The van der Waals surface area contributed by atoms with Crippen LogP contribution in [0.2, 0.25) is 0 Å². The van der Waals surface area contributed by atoms with E-state index in [0.717, 1.165) is 69.6 Å². The molecule has 0 spiro atoms. The second-order valence-corrected chi connectivity index (χ2v) is 9.12. The van der Waals surface area contributed by atoms with Crippen molar-refractivity contribution in [2.45, 2.75) is 31.7 Å². The molecule has 0 radical (unpaired) electrons. The van der Waals surface area contributed by atoms with Crippen LogP contribution < -0.4 is 0 Å². The Labute approximate surface area is 191 Å². The number of aromatic nitrogens is 1. The van der Waals surface area contributed by atoms with Crippen molar-refractivity contribution < 1.29 is 9.53 Å². The maximum atomic E-state index is 13.2. The Balaban J connectivity index is 1.36. The van der Waals surface area contributed by atoms with Crippen molar-refractivity contribution in [2.24, 2.45) is 5.92 Å². The molecule has 2 saturated heterocycles. The predicted octanol–water partition coefficient (Wildman–Crippen LogP) is 4.80. The van der Waals surface area contributed by atoms with Crippen molar-refractivity contribution in [3.05, 3.63) is 73.0 Å². The molecule has 1 aromatic carbocycles. The predicted molar refractivity (Wildman–Crippen MR) is 131 cm³/mol. The Bertz CT molecular complexity index is 960. The number of allylic oxidation sites excluding steroid dienone is 3. The minimum absolute atomic E-state index is 0.0820. The van der Waals surface area contributed by atoms with Gasteiger partial charge in [-0.05, 0) is 62.9 Å². The molecule has 1 N–H and O–H groups in total. The third-order valence-electron chi connectivity index (χ3n) is 7.06. The number of ether oxygens (including phenoxy) is 1. The molecule has 1 amide bonds. The summed E-state index contributed by atoms with van der Waals surface area (Å²) in [5.41, 5.74) is 2.99. The van der Waals surface area contributed by atoms with Crippen LogP contribution in [0.3, 0.4) is 0 Å². The lowest BCUT2D eigenvalue weighted by atomic mass is 9.83. The van der Waals surface area contributed by atoms with E-state index in [4.69, 9.17) is 4.74 Å². The second kappa shape index (κ2) is 9.88. The molecule has 4 rings (SSSR count). The maximum absolute atomic E-state index is 13.2. The van der Waals surface area contributed by atoms with Gasteiger partial charge in [-0.25, -0.2) is 0 Å². The summed E-state index contributed by atoms with van der Waals surface area (Å²) in [7, 11) is 0. The second-order valence-electron chi connectivity index (χ2n) is 9.12. The van der Waals surface area contributed by atoms with E-state index in [-0.39, 0.29) is 11.4 Å². The number of fused-ring (bicyclic) bond motifs is 1. The van der Waals surface area contributed by atoms with Gasteiger partial charge in [-0.3, -0.25) is 9.69 Å². The summed E-state index contributed by atoms with van der Waals surface area (Å²) < 4.78 is 5.64. The van der Waals surface area contributed by atoms with Crippen LogP contribution in [0.25, 0.3) is 10.9 Å². The van der Waals surface area contributed by atoms with Crippen LogP contribution in [0.1, 0.15) is 36.7 Å². The van der Waals surface area contributed by atoms with Crippen LogP contribution in [0.15, 0.2) is 67.3 Å². The number of likely N-dealkylation sites (tertiary alicyclic amines) is 1. The van der Waals surface area contributed by atoms with Crippen LogP contribution in [0.5, 0.6) is 0 Å². The molecule has 5 nitrogen and oxygen atoms in total. The molecule has 0 aliphatic carbocycles. The Morgan fingerprint density at radius 3 is 2.62 bits per heavy atom. The van der Waals surface area contributed by atoms with E-state index in [0.29, 0.717) is 11.6 Å². The van der Waals surface area contributed by atoms with E-state index in [2.05, 4.69) is 36.0 Å². The first kappa shape index (κ1) is 22.6. The monoisotopic (exact) mass is 433 g/mol. The number of nitrogens with zero attached hydrogens (tertiary/aromatic N) is 2. The molecule has 32 heavy (non-hydrogen) atoms. The zero-order valence-electron chi connectivity index (χ0n) is 19.2. The van der Waals surface area contributed by atoms with Gasteiger partial charge in [-0.15, -0.1) is 0 Å². The van der Waals surface area contributed by atoms with Gasteiger partial charge in [-0.2, -0.15) is 0 Å². The summed E-state index contributed by atoms with van der Waals surface area (Å²) in [6.07, 6.45) is 8.98. The smallest absolute Gasteiger partial charge is 0.270 e. The van der Waals surface area contributed by atoms with E-state index in [1.807, 2.05) is 47.4 Å². The van der Waals surface area contributed by atoms with E-state index in [9.17, 15) is 4.79 Å². The van der Waals surface area contributed by atoms with Gasteiger partial charge >= 0.3 is 0 Å². The highest BCUT2D eigenvalue weighted by Gasteiger charge is 2.45. The van der Waals surface area contributed by atoms with Gasteiger partial charge in [0.25, 0.3) is 5.91 Å². The number of carbonyl (C=O) groups excluding carboxylic acids is 1.